The second-order valence-corrected chi connectivity index (χ2v) is 9.02. The summed E-state index contributed by atoms with van der Waals surface area (Å²) in [7, 11) is -0.238. The molecule has 0 saturated carbocycles. The summed E-state index contributed by atoms with van der Waals surface area (Å²) in [5.41, 5.74) is 2.99. The van der Waals surface area contributed by atoms with Crippen LogP contribution in [0.1, 0.15) is 86.1 Å². The minimum absolute atomic E-state index is 0.165. The van der Waals surface area contributed by atoms with Crippen LogP contribution in [0.2, 0.25) is 0 Å². The normalized spacial score (nSPS) is 12.4. The Hall–Kier alpha value is -0.795. The topological polar surface area (TPSA) is 18.5 Å². The Labute approximate surface area is 156 Å². The number of benzene rings is 1. The molecular weight excluding hydrogens is 307 g/mol. The van der Waals surface area contributed by atoms with Crippen LogP contribution in [0.25, 0.3) is 0 Å². The van der Waals surface area contributed by atoms with Gasteiger partial charge in [0.1, 0.15) is 0 Å². The monoisotopic (exact) mass is 346 g/mol. The molecule has 0 aromatic heterocycles. The molecule has 0 atom stereocenters. The fourth-order valence-corrected chi connectivity index (χ4v) is 3.43. The van der Waals surface area contributed by atoms with Crippen molar-refractivity contribution in [3.8, 4) is 0 Å². The quantitative estimate of drug-likeness (QED) is 0.376. The van der Waals surface area contributed by atoms with Gasteiger partial charge >= 0.3 is 7.12 Å². The van der Waals surface area contributed by atoms with E-state index < -0.39 is 0 Å². The molecule has 3 heteroatoms. The first kappa shape index (κ1) is 22.2. The van der Waals surface area contributed by atoms with Crippen LogP contribution < -0.4 is 5.46 Å². The highest BCUT2D eigenvalue weighted by Gasteiger charge is 2.28. The zero-order chi connectivity index (χ0) is 18.9. The average Bonchev–Trinajstić information content (AvgIpc) is 2.52. The molecule has 0 aliphatic rings. The summed E-state index contributed by atoms with van der Waals surface area (Å²) < 4.78 is 12.0. The molecule has 0 aliphatic heterocycles. The third kappa shape index (κ3) is 8.42. The molecule has 1 aromatic rings. The van der Waals surface area contributed by atoms with Crippen molar-refractivity contribution >= 4 is 12.6 Å². The molecule has 0 fully saturated rings. The van der Waals surface area contributed by atoms with E-state index in [4.69, 9.17) is 9.31 Å². The number of hydrogen-bond donors (Lipinski definition) is 0. The van der Waals surface area contributed by atoms with E-state index in [-0.39, 0.29) is 12.5 Å². The third-order valence-electron chi connectivity index (χ3n) is 4.47. The van der Waals surface area contributed by atoms with Gasteiger partial charge in [-0.3, -0.25) is 0 Å². The molecule has 142 valence electrons. The van der Waals surface area contributed by atoms with Gasteiger partial charge in [0.15, 0.2) is 0 Å². The molecule has 0 aliphatic carbocycles. The van der Waals surface area contributed by atoms with Crippen LogP contribution >= 0.6 is 0 Å². The average molecular weight is 346 g/mol. The fraction of sp³-hybridized carbons (Fsp3) is 0.727. The van der Waals surface area contributed by atoms with E-state index in [0.717, 1.165) is 50.8 Å². The van der Waals surface area contributed by atoms with E-state index >= 15 is 0 Å². The summed E-state index contributed by atoms with van der Waals surface area (Å²) >= 11 is 0. The van der Waals surface area contributed by atoms with E-state index in [1.807, 2.05) is 0 Å². The van der Waals surface area contributed by atoms with Crippen molar-refractivity contribution in [2.75, 3.05) is 13.2 Å². The van der Waals surface area contributed by atoms with Gasteiger partial charge in [-0.2, -0.15) is 0 Å². The van der Waals surface area contributed by atoms with Crippen molar-refractivity contribution in [3.63, 3.8) is 0 Å². The van der Waals surface area contributed by atoms with Crippen molar-refractivity contribution in [2.45, 2.75) is 86.0 Å². The van der Waals surface area contributed by atoms with E-state index in [1.54, 1.807) is 0 Å². The molecule has 2 nitrogen and oxygen atoms in total. The SMILES string of the molecule is CCCCOB(OCCCC)c1ccc(C(C)(C)CC(C)(C)C)cc1. The lowest BCUT2D eigenvalue weighted by molar-refractivity contribution is 0.202. The van der Waals surface area contributed by atoms with Crippen LogP contribution in [0.15, 0.2) is 24.3 Å². The fourth-order valence-electron chi connectivity index (χ4n) is 3.43. The van der Waals surface area contributed by atoms with Gasteiger partial charge in [-0.05, 0) is 41.1 Å². The minimum atomic E-state index is -0.238. The minimum Gasteiger partial charge on any atom is -0.407 e. The van der Waals surface area contributed by atoms with Crippen LogP contribution in [0.4, 0.5) is 0 Å². The highest BCUT2D eigenvalue weighted by molar-refractivity contribution is 6.61. The van der Waals surface area contributed by atoms with Gasteiger partial charge in [0.05, 0.1) is 0 Å². The van der Waals surface area contributed by atoms with Gasteiger partial charge < -0.3 is 9.31 Å². The molecule has 0 amide bonds. The number of hydrogen-bond acceptors (Lipinski definition) is 2. The molecule has 1 rings (SSSR count). The molecule has 0 heterocycles. The predicted octanol–water partition coefficient (Wildman–Crippen LogP) is 5.73. The van der Waals surface area contributed by atoms with E-state index in [2.05, 4.69) is 72.7 Å². The zero-order valence-electron chi connectivity index (χ0n) is 17.7. The summed E-state index contributed by atoms with van der Waals surface area (Å²) in [4.78, 5) is 0. The zero-order valence-corrected chi connectivity index (χ0v) is 17.7. The molecule has 1 aromatic carbocycles. The smallest absolute Gasteiger partial charge is 0.407 e. The van der Waals surface area contributed by atoms with E-state index in [9.17, 15) is 0 Å². The van der Waals surface area contributed by atoms with Crippen LogP contribution in [-0.2, 0) is 14.7 Å². The highest BCUT2D eigenvalue weighted by Crippen LogP contribution is 2.35. The van der Waals surface area contributed by atoms with Crippen LogP contribution in [0.5, 0.6) is 0 Å². The van der Waals surface area contributed by atoms with Gasteiger partial charge in [-0.15, -0.1) is 0 Å². The maximum atomic E-state index is 6.00. The standard InChI is InChI=1S/C22H39BO2/c1-8-10-16-24-23(25-17-11-9-2)20-14-12-19(13-15-20)22(6,7)18-21(3,4)5/h12-15H,8-11,16-18H2,1-7H3. The maximum Gasteiger partial charge on any atom is 0.493 e. The van der Waals surface area contributed by atoms with Crippen molar-refractivity contribution in [2.24, 2.45) is 5.41 Å². The second kappa shape index (κ2) is 10.4. The molecule has 25 heavy (non-hydrogen) atoms. The van der Waals surface area contributed by atoms with Gasteiger partial charge in [0.25, 0.3) is 0 Å². The van der Waals surface area contributed by atoms with Crippen molar-refractivity contribution < 1.29 is 9.31 Å². The molecule has 0 saturated heterocycles. The molecule has 0 N–H and O–H groups in total. The first-order chi connectivity index (χ1) is 11.7. The molecule has 0 unspecified atom stereocenters. The van der Waals surface area contributed by atoms with E-state index in [1.165, 1.54) is 5.56 Å². The van der Waals surface area contributed by atoms with Gasteiger partial charge in [0.2, 0.25) is 0 Å². The Morgan fingerprint density at radius 1 is 0.800 bits per heavy atom. The van der Waals surface area contributed by atoms with Gasteiger partial charge in [0, 0.05) is 13.2 Å². The Morgan fingerprint density at radius 2 is 1.28 bits per heavy atom. The van der Waals surface area contributed by atoms with E-state index in [0.29, 0.717) is 5.41 Å². The Kier molecular flexibility index (Phi) is 9.23. The molecule has 0 bridgehead atoms. The Morgan fingerprint density at radius 3 is 1.68 bits per heavy atom. The lowest BCUT2D eigenvalue weighted by Crippen LogP contribution is -2.38. The lowest BCUT2D eigenvalue weighted by atomic mass is 9.71. The third-order valence-corrected chi connectivity index (χ3v) is 4.47. The number of rotatable bonds is 11. The number of unbranched alkanes of at least 4 members (excludes halogenated alkanes) is 2. The molecule has 0 radical (unpaired) electrons. The first-order valence-electron chi connectivity index (χ1n) is 10.0. The van der Waals surface area contributed by atoms with Crippen LogP contribution in [0, 0.1) is 5.41 Å². The van der Waals surface area contributed by atoms with Crippen molar-refractivity contribution in [1.82, 2.24) is 0 Å². The highest BCUT2D eigenvalue weighted by atomic mass is 16.6. The van der Waals surface area contributed by atoms with Crippen molar-refractivity contribution in [1.29, 1.82) is 0 Å². The predicted molar refractivity (Wildman–Crippen MR) is 111 cm³/mol. The van der Waals surface area contributed by atoms with Crippen LogP contribution in [0.3, 0.4) is 0 Å². The largest absolute Gasteiger partial charge is 0.493 e. The van der Waals surface area contributed by atoms with Crippen LogP contribution in [-0.4, -0.2) is 20.3 Å². The van der Waals surface area contributed by atoms with Gasteiger partial charge in [-0.1, -0.05) is 85.6 Å². The first-order valence-corrected chi connectivity index (χ1v) is 10.0. The Balaban J connectivity index is 2.83. The van der Waals surface area contributed by atoms with Gasteiger partial charge in [-0.25, -0.2) is 0 Å². The Bertz CT molecular complexity index is 464. The second-order valence-electron chi connectivity index (χ2n) is 9.02. The summed E-state index contributed by atoms with van der Waals surface area (Å²) in [6.45, 7) is 17.5. The molecular formula is C22H39BO2. The summed E-state index contributed by atoms with van der Waals surface area (Å²) in [5.74, 6) is 0. The van der Waals surface area contributed by atoms with Crippen molar-refractivity contribution in [3.05, 3.63) is 29.8 Å². The maximum absolute atomic E-state index is 6.00. The molecule has 0 spiro atoms. The summed E-state index contributed by atoms with van der Waals surface area (Å²) in [6, 6.07) is 8.87. The lowest BCUT2D eigenvalue weighted by Gasteiger charge is -2.33. The summed E-state index contributed by atoms with van der Waals surface area (Å²) in [5, 5.41) is 0. The summed E-state index contributed by atoms with van der Waals surface area (Å²) in [6.07, 6.45) is 5.58.